The Morgan fingerprint density at radius 3 is 2.24 bits per heavy atom. The second-order valence-corrected chi connectivity index (χ2v) is 6.53. The van der Waals surface area contributed by atoms with Gasteiger partial charge in [0.2, 0.25) is 0 Å². The minimum absolute atomic E-state index is 0.0967. The molecule has 0 saturated carbocycles. The van der Waals surface area contributed by atoms with Crippen molar-refractivity contribution >= 4 is 23.4 Å². The van der Waals surface area contributed by atoms with E-state index in [9.17, 15) is 4.79 Å². The van der Waals surface area contributed by atoms with E-state index in [-0.39, 0.29) is 5.91 Å². The zero-order chi connectivity index (χ0) is 17.5. The predicted molar refractivity (Wildman–Crippen MR) is 103 cm³/mol. The number of thioether (sulfide) groups is 1. The van der Waals surface area contributed by atoms with Crippen LogP contribution in [0.1, 0.15) is 15.9 Å². The third-order valence-electron chi connectivity index (χ3n) is 3.71. The first kappa shape index (κ1) is 17.1. The number of nitrogens with one attached hydrogen (secondary N) is 1. The molecule has 0 atom stereocenters. The molecule has 0 spiro atoms. The maximum atomic E-state index is 12.2. The van der Waals surface area contributed by atoms with Crippen molar-refractivity contribution < 1.29 is 9.53 Å². The Morgan fingerprint density at radius 1 is 0.920 bits per heavy atom. The minimum atomic E-state index is -0.0967. The van der Waals surface area contributed by atoms with Gasteiger partial charge in [0, 0.05) is 21.9 Å². The highest BCUT2D eigenvalue weighted by molar-refractivity contribution is 7.98. The second kappa shape index (κ2) is 8.40. The van der Waals surface area contributed by atoms with Gasteiger partial charge in [0.1, 0.15) is 5.75 Å². The van der Waals surface area contributed by atoms with Gasteiger partial charge in [-0.2, -0.15) is 0 Å². The highest BCUT2D eigenvalue weighted by atomic mass is 32.2. The lowest BCUT2D eigenvalue weighted by Gasteiger charge is -2.07. The molecule has 0 radical (unpaired) electrons. The molecular weight excluding hydrogens is 330 g/mol. The lowest BCUT2D eigenvalue weighted by atomic mass is 10.1. The largest absolute Gasteiger partial charge is 0.497 e. The van der Waals surface area contributed by atoms with E-state index in [1.54, 1.807) is 18.9 Å². The molecule has 0 aromatic heterocycles. The average molecular weight is 349 g/mol. The standard InChI is InChI=1S/C21H19NO2S/c1-24-19-11-13-20(14-12-19)25-15-16-7-9-17(10-8-16)21(23)22-18-5-3-2-4-6-18/h2-14H,15H2,1H3,(H,22,23). The third kappa shape index (κ3) is 4.88. The summed E-state index contributed by atoms with van der Waals surface area (Å²) in [7, 11) is 1.66. The van der Waals surface area contributed by atoms with Crippen molar-refractivity contribution in [3.63, 3.8) is 0 Å². The second-order valence-electron chi connectivity index (χ2n) is 5.48. The van der Waals surface area contributed by atoms with E-state index in [4.69, 9.17) is 4.74 Å². The first-order valence-corrected chi connectivity index (χ1v) is 8.95. The van der Waals surface area contributed by atoms with Crippen LogP contribution in [0.3, 0.4) is 0 Å². The molecule has 4 heteroatoms. The number of para-hydroxylation sites is 1. The number of ether oxygens (including phenoxy) is 1. The van der Waals surface area contributed by atoms with Crippen molar-refractivity contribution in [1.29, 1.82) is 0 Å². The molecule has 0 aliphatic heterocycles. The number of hydrogen-bond acceptors (Lipinski definition) is 3. The molecule has 1 amide bonds. The van der Waals surface area contributed by atoms with E-state index in [0.29, 0.717) is 5.56 Å². The van der Waals surface area contributed by atoms with Crippen LogP contribution in [0.2, 0.25) is 0 Å². The zero-order valence-electron chi connectivity index (χ0n) is 13.9. The average Bonchev–Trinajstić information content (AvgIpc) is 2.68. The van der Waals surface area contributed by atoms with Crippen LogP contribution in [-0.2, 0) is 5.75 Å². The number of anilines is 1. The quantitative estimate of drug-likeness (QED) is 0.619. The fraction of sp³-hybridized carbons (Fsp3) is 0.0952. The summed E-state index contributed by atoms with van der Waals surface area (Å²) in [6, 6.07) is 25.2. The summed E-state index contributed by atoms with van der Waals surface area (Å²) in [5, 5.41) is 2.89. The summed E-state index contributed by atoms with van der Waals surface area (Å²) in [6.07, 6.45) is 0. The number of rotatable bonds is 6. The zero-order valence-corrected chi connectivity index (χ0v) is 14.8. The fourth-order valence-corrected chi connectivity index (χ4v) is 3.17. The molecule has 25 heavy (non-hydrogen) atoms. The molecule has 0 fully saturated rings. The van der Waals surface area contributed by atoms with Crippen molar-refractivity contribution in [3.05, 3.63) is 90.0 Å². The van der Waals surface area contributed by atoms with Crippen molar-refractivity contribution in [1.82, 2.24) is 0 Å². The Hall–Kier alpha value is -2.72. The van der Waals surface area contributed by atoms with E-state index in [2.05, 4.69) is 5.32 Å². The first-order chi connectivity index (χ1) is 12.2. The molecule has 3 aromatic carbocycles. The molecule has 126 valence electrons. The van der Waals surface area contributed by atoms with Gasteiger partial charge >= 0.3 is 0 Å². The minimum Gasteiger partial charge on any atom is -0.497 e. The van der Waals surface area contributed by atoms with Gasteiger partial charge in [0.15, 0.2) is 0 Å². The number of carbonyl (C=O) groups is 1. The molecule has 0 aliphatic rings. The Bertz CT molecular complexity index is 815. The van der Waals surface area contributed by atoms with Gasteiger partial charge < -0.3 is 10.1 Å². The Morgan fingerprint density at radius 2 is 1.60 bits per heavy atom. The molecule has 0 unspecified atom stereocenters. The first-order valence-electron chi connectivity index (χ1n) is 7.97. The van der Waals surface area contributed by atoms with Gasteiger partial charge in [-0.25, -0.2) is 0 Å². The van der Waals surface area contributed by atoms with E-state index in [1.165, 1.54) is 10.5 Å². The van der Waals surface area contributed by atoms with Gasteiger partial charge in [-0.15, -0.1) is 11.8 Å². The molecule has 3 rings (SSSR count). The smallest absolute Gasteiger partial charge is 0.255 e. The lowest BCUT2D eigenvalue weighted by molar-refractivity contribution is 0.102. The van der Waals surface area contributed by atoms with Crippen molar-refractivity contribution in [3.8, 4) is 5.75 Å². The van der Waals surface area contributed by atoms with Gasteiger partial charge in [0.25, 0.3) is 5.91 Å². The van der Waals surface area contributed by atoms with Crippen LogP contribution in [0.25, 0.3) is 0 Å². The van der Waals surface area contributed by atoms with Crippen LogP contribution < -0.4 is 10.1 Å². The van der Waals surface area contributed by atoms with Gasteiger partial charge in [-0.05, 0) is 54.1 Å². The van der Waals surface area contributed by atoms with E-state index < -0.39 is 0 Å². The van der Waals surface area contributed by atoms with Crippen LogP contribution in [0.15, 0.2) is 83.8 Å². The number of amides is 1. The maximum Gasteiger partial charge on any atom is 0.255 e. The number of carbonyl (C=O) groups excluding carboxylic acids is 1. The van der Waals surface area contributed by atoms with Crippen LogP contribution in [0, 0.1) is 0 Å². The molecule has 0 heterocycles. The lowest BCUT2D eigenvalue weighted by Crippen LogP contribution is -2.11. The third-order valence-corrected chi connectivity index (χ3v) is 4.80. The highest BCUT2D eigenvalue weighted by Crippen LogP contribution is 2.25. The summed E-state index contributed by atoms with van der Waals surface area (Å²) in [5.74, 6) is 1.62. The van der Waals surface area contributed by atoms with Crippen LogP contribution >= 0.6 is 11.8 Å². The maximum absolute atomic E-state index is 12.2. The highest BCUT2D eigenvalue weighted by Gasteiger charge is 2.06. The van der Waals surface area contributed by atoms with Crippen molar-refractivity contribution in [2.75, 3.05) is 12.4 Å². The SMILES string of the molecule is COc1ccc(SCc2ccc(C(=O)Nc3ccccc3)cc2)cc1. The topological polar surface area (TPSA) is 38.3 Å². The molecular formula is C21H19NO2S. The predicted octanol–water partition coefficient (Wildman–Crippen LogP) is 5.24. The summed E-state index contributed by atoms with van der Waals surface area (Å²) in [6.45, 7) is 0. The molecule has 3 aromatic rings. The Kier molecular flexibility index (Phi) is 5.75. The van der Waals surface area contributed by atoms with Gasteiger partial charge in [0.05, 0.1) is 7.11 Å². The normalized spacial score (nSPS) is 10.3. The monoisotopic (exact) mass is 349 g/mol. The molecule has 0 aliphatic carbocycles. The fourth-order valence-electron chi connectivity index (χ4n) is 2.32. The van der Waals surface area contributed by atoms with E-state index in [0.717, 1.165) is 17.2 Å². The molecule has 0 saturated heterocycles. The summed E-state index contributed by atoms with van der Waals surface area (Å²) in [4.78, 5) is 13.4. The van der Waals surface area contributed by atoms with E-state index >= 15 is 0 Å². The molecule has 1 N–H and O–H groups in total. The molecule has 3 nitrogen and oxygen atoms in total. The summed E-state index contributed by atoms with van der Waals surface area (Å²) < 4.78 is 5.16. The Balaban J connectivity index is 1.57. The number of benzene rings is 3. The molecule has 0 bridgehead atoms. The van der Waals surface area contributed by atoms with Gasteiger partial charge in [-0.3, -0.25) is 4.79 Å². The number of hydrogen-bond donors (Lipinski definition) is 1. The van der Waals surface area contributed by atoms with Crippen LogP contribution in [0.5, 0.6) is 5.75 Å². The van der Waals surface area contributed by atoms with Crippen LogP contribution in [-0.4, -0.2) is 13.0 Å². The van der Waals surface area contributed by atoms with Crippen molar-refractivity contribution in [2.45, 2.75) is 10.6 Å². The van der Waals surface area contributed by atoms with Crippen molar-refractivity contribution in [2.24, 2.45) is 0 Å². The number of methoxy groups -OCH3 is 1. The summed E-state index contributed by atoms with van der Waals surface area (Å²) in [5.41, 5.74) is 2.63. The van der Waals surface area contributed by atoms with Gasteiger partial charge in [-0.1, -0.05) is 30.3 Å². The Labute approximate surface area is 152 Å². The van der Waals surface area contributed by atoms with E-state index in [1.807, 2.05) is 78.9 Å². The van der Waals surface area contributed by atoms with Crippen LogP contribution in [0.4, 0.5) is 5.69 Å². The summed E-state index contributed by atoms with van der Waals surface area (Å²) >= 11 is 1.75.